The van der Waals surface area contributed by atoms with E-state index < -0.39 is 33.7 Å². The Morgan fingerprint density at radius 2 is 1.89 bits per heavy atom. The van der Waals surface area contributed by atoms with Crippen LogP contribution in [0, 0.1) is 19.7 Å². The minimum atomic E-state index is -4.17. The van der Waals surface area contributed by atoms with E-state index in [9.17, 15) is 22.4 Å². The van der Waals surface area contributed by atoms with Gasteiger partial charge in [0, 0.05) is 12.1 Å². The molecule has 27 heavy (non-hydrogen) atoms. The van der Waals surface area contributed by atoms with Gasteiger partial charge in [-0.3, -0.25) is 9.59 Å². The summed E-state index contributed by atoms with van der Waals surface area (Å²) in [5.41, 5.74) is 1.88. The van der Waals surface area contributed by atoms with Crippen molar-refractivity contribution in [2.75, 3.05) is 5.32 Å². The third-order valence-electron chi connectivity index (χ3n) is 4.59. The lowest BCUT2D eigenvalue weighted by atomic mass is 10.1. The van der Waals surface area contributed by atoms with Gasteiger partial charge < -0.3 is 5.32 Å². The van der Waals surface area contributed by atoms with Gasteiger partial charge in [0.2, 0.25) is 11.8 Å². The lowest BCUT2D eigenvalue weighted by Gasteiger charge is -2.24. The van der Waals surface area contributed by atoms with Crippen molar-refractivity contribution in [3.8, 4) is 0 Å². The van der Waals surface area contributed by atoms with Crippen molar-refractivity contribution >= 4 is 27.5 Å². The van der Waals surface area contributed by atoms with Crippen molar-refractivity contribution in [3.05, 3.63) is 59.4 Å². The summed E-state index contributed by atoms with van der Waals surface area (Å²) in [4.78, 5) is 24.8. The van der Waals surface area contributed by atoms with Gasteiger partial charge in [-0.2, -0.15) is 0 Å². The second kappa shape index (κ2) is 7.11. The van der Waals surface area contributed by atoms with E-state index in [-0.39, 0.29) is 23.4 Å². The Morgan fingerprint density at radius 1 is 1.15 bits per heavy atom. The van der Waals surface area contributed by atoms with Crippen molar-refractivity contribution in [1.82, 2.24) is 4.31 Å². The molecule has 1 aliphatic rings. The fraction of sp³-hybridized carbons (Fsp3) is 0.263. The minimum absolute atomic E-state index is 0.0376. The molecule has 2 aromatic carbocycles. The van der Waals surface area contributed by atoms with Crippen LogP contribution in [-0.4, -0.2) is 30.6 Å². The number of amides is 2. The Morgan fingerprint density at radius 3 is 2.56 bits per heavy atom. The van der Waals surface area contributed by atoms with E-state index >= 15 is 0 Å². The molecular weight excluding hydrogens is 371 g/mol. The summed E-state index contributed by atoms with van der Waals surface area (Å²) in [5.74, 6) is -1.83. The smallest absolute Gasteiger partial charge is 0.267 e. The predicted molar refractivity (Wildman–Crippen MR) is 98.0 cm³/mol. The van der Waals surface area contributed by atoms with E-state index in [4.69, 9.17) is 0 Å². The third-order valence-corrected chi connectivity index (χ3v) is 6.42. The van der Waals surface area contributed by atoms with E-state index in [0.717, 1.165) is 17.2 Å². The summed E-state index contributed by atoms with van der Waals surface area (Å²) >= 11 is 0. The molecule has 1 N–H and O–H groups in total. The number of sulfonamides is 1. The van der Waals surface area contributed by atoms with Crippen LogP contribution in [0.2, 0.25) is 0 Å². The fourth-order valence-corrected chi connectivity index (χ4v) is 4.67. The average Bonchev–Trinajstić information content (AvgIpc) is 3.00. The molecule has 0 unspecified atom stereocenters. The molecule has 8 heteroatoms. The molecule has 0 radical (unpaired) electrons. The number of carbonyl (C=O) groups is 2. The molecule has 1 atom stereocenters. The molecule has 1 heterocycles. The largest absolute Gasteiger partial charge is 0.324 e. The van der Waals surface area contributed by atoms with E-state index in [1.54, 1.807) is 13.0 Å². The zero-order valence-electron chi connectivity index (χ0n) is 14.9. The monoisotopic (exact) mass is 390 g/mol. The number of hydrogen-bond acceptors (Lipinski definition) is 4. The highest BCUT2D eigenvalue weighted by molar-refractivity contribution is 7.89. The molecule has 6 nitrogen and oxygen atoms in total. The Bertz CT molecular complexity index is 1020. The fourth-order valence-electron chi connectivity index (χ4n) is 2.98. The number of benzene rings is 2. The topological polar surface area (TPSA) is 83.6 Å². The van der Waals surface area contributed by atoms with Crippen LogP contribution in [0.5, 0.6) is 0 Å². The summed E-state index contributed by atoms with van der Waals surface area (Å²) in [6, 6.07) is 8.65. The lowest BCUT2D eigenvalue weighted by Crippen LogP contribution is -2.45. The van der Waals surface area contributed by atoms with Crippen LogP contribution in [0.15, 0.2) is 47.4 Å². The zero-order valence-corrected chi connectivity index (χ0v) is 15.7. The average molecular weight is 390 g/mol. The normalized spacial score (nSPS) is 17.2. The standard InChI is InChI=1S/C19H19FN2O4S/c1-12-6-7-16(10-13(12)2)27(25,26)22-17(8-9-18(22)23)19(24)21-15-5-3-4-14(20)11-15/h3-7,10-11,17H,8-9H2,1-2H3,(H,21,24)/t17-/m1/s1. The van der Waals surface area contributed by atoms with Gasteiger partial charge in [-0.25, -0.2) is 17.1 Å². The summed E-state index contributed by atoms with van der Waals surface area (Å²) in [5, 5.41) is 2.48. The first kappa shape index (κ1) is 19.0. The number of carbonyl (C=O) groups excluding carboxylic acids is 2. The molecule has 1 saturated heterocycles. The number of nitrogens with one attached hydrogen (secondary N) is 1. The Labute approximate surface area is 157 Å². The van der Waals surface area contributed by atoms with E-state index in [1.807, 2.05) is 6.92 Å². The van der Waals surface area contributed by atoms with Crippen molar-refractivity contribution in [2.24, 2.45) is 0 Å². The highest BCUT2D eigenvalue weighted by Gasteiger charge is 2.44. The van der Waals surface area contributed by atoms with Gasteiger partial charge in [0.25, 0.3) is 10.0 Å². The van der Waals surface area contributed by atoms with Gasteiger partial charge in [-0.05, 0) is 61.7 Å². The molecule has 0 aromatic heterocycles. The highest BCUT2D eigenvalue weighted by atomic mass is 32.2. The first-order valence-corrected chi connectivity index (χ1v) is 9.85. The number of hydrogen-bond donors (Lipinski definition) is 1. The molecule has 0 aliphatic carbocycles. The molecule has 1 aliphatic heterocycles. The third kappa shape index (κ3) is 3.71. The van der Waals surface area contributed by atoms with Crippen LogP contribution in [0.1, 0.15) is 24.0 Å². The molecule has 3 rings (SSSR count). The predicted octanol–water partition coefficient (Wildman–Crippen LogP) is 2.76. The second-order valence-electron chi connectivity index (χ2n) is 6.49. The first-order chi connectivity index (χ1) is 12.7. The van der Waals surface area contributed by atoms with Crippen molar-refractivity contribution in [2.45, 2.75) is 37.6 Å². The molecule has 2 amide bonds. The quantitative estimate of drug-likeness (QED) is 0.870. The van der Waals surface area contributed by atoms with Crippen LogP contribution in [0.4, 0.5) is 10.1 Å². The summed E-state index contributed by atoms with van der Waals surface area (Å²) in [7, 11) is -4.17. The summed E-state index contributed by atoms with van der Waals surface area (Å²) in [6.45, 7) is 3.62. The van der Waals surface area contributed by atoms with Crippen LogP contribution in [-0.2, 0) is 19.6 Å². The van der Waals surface area contributed by atoms with Crippen molar-refractivity contribution < 1.29 is 22.4 Å². The summed E-state index contributed by atoms with van der Waals surface area (Å²) < 4.78 is 39.9. The van der Waals surface area contributed by atoms with Crippen LogP contribution >= 0.6 is 0 Å². The molecule has 0 saturated carbocycles. The number of halogens is 1. The summed E-state index contributed by atoms with van der Waals surface area (Å²) in [6.07, 6.45) is 0.0232. The van der Waals surface area contributed by atoms with Crippen LogP contribution < -0.4 is 5.32 Å². The lowest BCUT2D eigenvalue weighted by molar-refractivity contribution is -0.128. The SMILES string of the molecule is Cc1ccc(S(=O)(=O)N2C(=O)CC[C@@H]2C(=O)Nc2cccc(F)c2)cc1C. The van der Waals surface area contributed by atoms with Crippen LogP contribution in [0.3, 0.4) is 0 Å². The number of rotatable bonds is 4. The van der Waals surface area contributed by atoms with Crippen LogP contribution in [0.25, 0.3) is 0 Å². The van der Waals surface area contributed by atoms with Gasteiger partial charge in [0.15, 0.2) is 0 Å². The molecule has 2 aromatic rings. The second-order valence-corrected chi connectivity index (χ2v) is 8.31. The Balaban J connectivity index is 1.91. The maximum Gasteiger partial charge on any atom is 0.267 e. The Kier molecular flexibility index (Phi) is 5.01. The molecular formula is C19H19FN2O4S. The molecule has 142 valence electrons. The maximum absolute atomic E-state index is 13.3. The van der Waals surface area contributed by atoms with Gasteiger partial charge in [-0.1, -0.05) is 12.1 Å². The van der Waals surface area contributed by atoms with Gasteiger partial charge in [-0.15, -0.1) is 0 Å². The van der Waals surface area contributed by atoms with E-state index in [0.29, 0.717) is 4.31 Å². The number of nitrogens with zero attached hydrogens (tertiary/aromatic N) is 1. The molecule has 0 spiro atoms. The Hall–Kier alpha value is -2.74. The van der Waals surface area contributed by atoms with Crippen molar-refractivity contribution in [3.63, 3.8) is 0 Å². The zero-order chi connectivity index (χ0) is 19.8. The minimum Gasteiger partial charge on any atom is -0.324 e. The highest BCUT2D eigenvalue weighted by Crippen LogP contribution is 2.29. The van der Waals surface area contributed by atoms with Gasteiger partial charge in [0.1, 0.15) is 11.9 Å². The number of anilines is 1. The van der Waals surface area contributed by atoms with Gasteiger partial charge >= 0.3 is 0 Å². The van der Waals surface area contributed by atoms with Crippen molar-refractivity contribution in [1.29, 1.82) is 0 Å². The molecule has 0 bridgehead atoms. The number of aryl methyl sites for hydroxylation is 2. The molecule has 1 fully saturated rings. The maximum atomic E-state index is 13.3. The first-order valence-electron chi connectivity index (χ1n) is 8.41. The van der Waals surface area contributed by atoms with E-state index in [2.05, 4.69) is 5.32 Å². The van der Waals surface area contributed by atoms with E-state index in [1.165, 1.54) is 30.3 Å². The van der Waals surface area contributed by atoms with Gasteiger partial charge in [0.05, 0.1) is 4.90 Å².